The largest absolute Gasteiger partial charge is 0.324 e. The minimum atomic E-state index is -0.0307. The third kappa shape index (κ3) is 4.89. The number of rotatable bonds is 7. The first-order valence-corrected chi connectivity index (χ1v) is 6.43. The molecule has 0 amide bonds. The second-order valence-corrected chi connectivity index (χ2v) is 4.90. The van der Waals surface area contributed by atoms with Gasteiger partial charge in [-0.2, -0.15) is 0 Å². The van der Waals surface area contributed by atoms with Crippen LogP contribution in [0.2, 0.25) is 0 Å². The van der Waals surface area contributed by atoms with Crippen molar-refractivity contribution >= 4 is 0 Å². The van der Waals surface area contributed by atoms with Gasteiger partial charge in [-0.05, 0) is 49.8 Å². The van der Waals surface area contributed by atoms with E-state index in [1.165, 1.54) is 11.1 Å². The fraction of sp³-hybridized carbons (Fsp3) is 0.412. The van der Waals surface area contributed by atoms with Gasteiger partial charge in [0.05, 0.1) is 0 Å². The first-order valence-electron chi connectivity index (χ1n) is 6.43. The second-order valence-electron chi connectivity index (χ2n) is 4.90. The van der Waals surface area contributed by atoms with Gasteiger partial charge in [0.15, 0.2) is 0 Å². The highest BCUT2D eigenvalue weighted by molar-refractivity contribution is 5.46. The highest BCUT2D eigenvalue weighted by Gasteiger charge is 2.14. The Morgan fingerprint density at radius 1 is 1.28 bits per heavy atom. The molecule has 0 saturated carbocycles. The summed E-state index contributed by atoms with van der Waals surface area (Å²) < 4.78 is 0. The molecule has 0 spiro atoms. The lowest BCUT2D eigenvalue weighted by Crippen LogP contribution is -2.19. The molecule has 2 atom stereocenters. The van der Waals surface area contributed by atoms with E-state index >= 15 is 0 Å². The van der Waals surface area contributed by atoms with Crippen LogP contribution in [0.3, 0.4) is 0 Å². The van der Waals surface area contributed by atoms with Crippen LogP contribution >= 0.6 is 0 Å². The van der Waals surface area contributed by atoms with Gasteiger partial charge in [0, 0.05) is 6.04 Å². The van der Waals surface area contributed by atoms with Crippen molar-refractivity contribution in [1.82, 2.24) is 0 Å². The Morgan fingerprint density at radius 2 is 1.83 bits per heavy atom. The van der Waals surface area contributed by atoms with Crippen LogP contribution in [0.25, 0.3) is 0 Å². The molecule has 100 valence electrons. The van der Waals surface area contributed by atoms with Crippen molar-refractivity contribution in [3.63, 3.8) is 0 Å². The van der Waals surface area contributed by atoms with Crippen LogP contribution in [0.15, 0.2) is 60.3 Å². The molecule has 0 saturated heterocycles. The molecule has 0 aromatic heterocycles. The van der Waals surface area contributed by atoms with E-state index in [-0.39, 0.29) is 6.04 Å². The Labute approximate surface area is 112 Å². The summed E-state index contributed by atoms with van der Waals surface area (Å²) in [4.78, 5) is 0. The number of hydrogen-bond donors (Lipinski definition) is 1. The van der Waals surface area contributed by atoms with E-state index < -0.39 is 0 Å². The number of nitrogens with two attached hydrogens (primary N) is 1. The third-order valence-corrected chi connectivity index (χ3v) is 3.17. The third-order valence-electron chi connectivity index (χ3n) is 3.17. The van der Waals surface area contributed by atoms with Crippen LogP contribution in [0.4, 0.5) is 0 Å². The summed E-state index contributed by atoms with van der Waals surface area (Å²) in [6.07, 6.45) is 6.77. The fourth-order valence-corrected chi connectivity index (χ4v) is 1.80. The van der Waals surface area contributed by atoms with Crippen LogP contribution in [0, 0.1) is 5.92 Å². The first kappa shape index (κ1) is 16.7. The number of allylic oxidation sites excluding steroid dienone is 5. The zero-order valence-corrected chi connectivity index (χ0v) is 12.3. The van der Waals surface area contributed by atoms with Gasteiger partial charge in [0.1, 0.15) is 0 Å². The topological polar surface area (TPSA) is 26.0 Å². The standard InChI is InChI=1S/C17H27N/c1-8-10-13(5)17(11-14(6)12(3)4)16(9-2)15(7)18/h8-10,14-15H,2-3,5,11,18H2,1,4,6-7H3/b10-8-,17-16+. The zero-order chi connectivity index (χ0) is 14.3. The Morgan fingerprint density at radius 3 is 2.17 bits per heavy atom. The summed E-state index contributed by atoms with van der Waals surface area (Å²) in [6, 6.07) is -0.0307. The van der Waals surface area contributed by atoms with Crippen molar-refractivity contribution in [3.05, 3.63) is 60.3 Å². The monoisotopic (exact) mass is 245 g/mol. The summed E-state index contributed by atoms with van der Waals surface area (Å²) in [5.41, 5.74) is 10.5. The average molecular weight is 245 g/mol. The molecule has 0 rings (SSSR count). The molecule has 0 fully saturated rings. The lowest BCUT2D eigenvalue weighted by atomic mass is 9.87. The molecule has 0 heterocycles. The fourth-order valence-electron chi connectivity index (χ4n) is 1.80. The molecular weight excluding hydrogens is 218 g/mol. The average Bonchev–Trinajstić information content (AvgIpc) is 2.28. The highest BCUT2D eigenvalue weighted by Crippen LogP contribution is 2.27. The van der Waals surface area contributed by atoms with Crippen LogP contribution in [0.1, 0.15) is 34.1 Å². The van der Waals surface area contributed by atoms with Crippen molar-refractivity contribution in [2.45, 2.75) is 40.2 Å². The molecule has 0 aliphatic carbocycles. The Balaban J connectivity index is 5.49. The zero-order valence-electron chi connectivity index (χ0n) is 12.3. The molecule has 0 aliphatic heterocycles. The summed E-state index contributed by atoms with van der Waals surface area (Å²) in [7, 11) is 0. The Hall–Kier alpha value is -1.34. The Kier molecular flexibility index (Phi) is 7.30. The van der Waals surface area contributed by atoms with E-state index in [1.807, 2.05) is 32.1 Å². The van der Waals surface area contributed by atoms with E-state index in [1.54, 1.807) is 0 Å². The number of hydrogen-bond acceptors (Lipinski definition) is 1. The molecule has 2 unspecified atom stereocenters. The van der Waals surface area contributed by atoms with E-state index in [2.05, 4.69) is 33.6 Å². The maximum Gasteiger partial charge on any atom is 0.0268 e. The predicted molar refractivity (Wildman–Crippen MR) is 83.4 cm³/mol. The molecule has 2 N–H and O–H groups in total. The SMILES string of the molecule is C=C/C(=C(/CC(C)C(=C)C)C(=C)/C=C\C)C(C)N. The first-order chi connectivity index (χ1) is 8.34. The second kappa shape index (κ2) is 7.88. The van der Waals surface area contributed by atoms with Crippen molar-refractivity contribution in [2.24, 2.45) is 11.7 Å². The molecule has 0 aliphatic rings. The summed E-state index contributed by atoms with van der Waals surface area (Å²) >= 11 is 0. The molecular formula is C17H27N. The molecule has 0 aromatic rings. The maximum absolute atomic E-state index is 6.02. The van der Waals surface area contributed by atoms with Gasteiger partial charge < -0.3 is 5.73 Å². The smallest absolute Gasteiger partial charge is 0.0268 e. The normalized spacial score (nSPS) is 16.1. The molecule has 0 bridgehead atoms. The minimum absolute atomic E-state index is 0.0307. The molecule has 0 radical (unpaired) electrons. The quantitative estimate of drug-likeness (QED) is 0.517. The summed E-state index contributed by atoms with van der Waals surface area (Å²) in [6.45, 7) is 20.2. The van der Waals surface area contributed by atoms with Crippen LogP contribution in [0.5, 0.6) is 0 Å². The van der Waals surface area contributed by atoms with Crippen LogP contribution in [-0.4, -0.2) is 6.04 Å². The van der Waals surface area contributed by atoms with Crippen molar-refractivity contribution < 1.29 is 0 Å². The van der Waals surface area contributed by atoms with Crippen molar-refractivity contribution in [2.75, 3.05) is 0 Å². The lowest BCUT2D eigenvalue weighted by Gasteiger charge is -2.20. The van der Waals surface area contributed by atoms with Gasteiger partial charge in [-0.25, -0.2) is 0 Å². The maximum atomic E-state index is 6.02. The summed E-state index contributed by atoms with van der Waals surface area (Å²) in [5.74, 6) is 0.413. The van der Waals surface area contributed by atoms with Gasteiger partial charge in [-0.1, -0.05) is 50.5 Å². The predicted octanol–water partition coefficient (Wildman–Crippen LogP) is 4.55. The van der Waals surface area contributed by atoms with Gasteiger partial charge in [-0.15, -0.1) is 0 Å². The molecule has 0 aromatic carbocycles. The van der Waals surface area contributed by atoms with E-state index in [0.717, 1.165) is 17.6 Å². The molecule has 1 heteroatoms. The van der Waals surface area contributed by atoms with Gasteiger partial charge >= 0.3 is 0 Å². The van der Waals surface area contributed by atoms with Crippen LogP contribution in [-0.2, 0) is 0 Å². The van der Waals surface area contributed by atoms with Crippen molar-refractivity contribution in [1.29, 1.82) is 0 Å². The van der Waals surface area contributed by atoms with Gasteiger partial charge in [0.2, 0.25) is 0 Å². The van der Waals surface area contributed by atoms with E-state index in [4.69, 9.17) is 5.73 Å². The Bertz CT molecular complexity index is 380. The summed E-state index contributed by atoms with van der Waals surface area (Å²) in [5, 5.41) is 0. The van der Waals surface area contributed by atoms with E-state index in [0.29, 0.717) is 5.92 Å². The van der Waals surface area contributed by atoms with Gasteiger partial charge in [0.25, 0.3) is 0 Å². The minimum Gasteiger partial charge on any atom is -0.324 e. The van der Waals surface area contributed by atoms with E-state index in [9.17, 15) is 0 Å². The van der Waals surface area contributed by atoms with Crippen LogP contribution < -0.4 is 5.73 Å². The van der Waals surface area contributed by atoms with Crippen molar-refractivity contribution in [3.8, 4) is 0 Å². The molecule has 1 nitrogen and oxygen atoms in total. The van der Waals surface area contributed by atoms with Gasteiger partial charge in [-0.3, -0.25) is 0 Å². The highest BCUT2D eigenvalue weighted by atomic mass is 14.6. The molecule has 18 heavy (non-hydrogen) atoms. The lowest BCUT2D eigenvalue weighted by molar-refractivity contribution is 0.671.